The van der Waals surface area contributed by atoms with Crippen LogP contribution in [0.4, 0.5) is 5.82 Å². The zero-order valence-corrected chi connectivity index (χ0v) is 13.6. The highest BCUT2D eigenvalue weighted by atomic mass is 35.5. The van der Waals surface area contributed by atoms with E-state index in [0.717, 1.165) is 34.4 Å². The number of nitrogens with zero attached hydrogens (tertiary/aromatic N) is 2. The monoisotopic (exact) mass is 327 g/mol. The van der Waals surface area contributed by atoms with Crippen LogP contribution in [-0.2, 0) is 0 Å². The van der Waals surface area contributed by atoms with Crippen LogP contribution < -0.4 is 5.32 Å². The molecule has 0 unspecified atom stereocenters. The second kappa shape index (κ2) is 7.16. The number of rotatable bonds is 5. The number of anilines is 1. The van der Waals surface area contributed by atoms with Gasteiger partial charge in [0, 0.05) is 11.4 Å². The van der Waals surface area contributed by atoms with Crippen molar-refractivity contribution in [3.63, 3.8) is 0 Å². The predicted molar refractivity (Wildman–Crippen MR) is 86.1 cm³/mol. The summed E-state index contributed by atoms with van der Waals surface area (Å²) in [5.74, 6) is 0.797. The standard InChI is InChI=1S/C14H15Cl2N3S/c1-3-7-17-12-8-18-14(9(2)19-12)20-11-6-4-5-10(15)13(11)16/h4-6,8H,3,7H2,1-2H3,(H,17,19). The fourth-order valence-electron chi connectivity index (χ4n) is 1.58. The van der Waals surface area contributed by atoms with Gasteiger partial charge < -0.3 is 5.32 Å². The van der Waals surface area contributed by atoms with Gasteiger partial charge in [-0.1, -0.05) is 48.0 Å². The van der Waals surface area contributed by atoms with E-state index in [1.54, 1.807) is 12.3 Å². The van der Waals surface area contributed by atoms with Crippen LogP contribution in [0.15, 0.2) is 34.3 Å². The van der Waals surface area contributed by atoms with E-state index in [4.69, 9.17) is 23.2 Å². The van der Waals surface area contributed by atoms with Gasteiger partial charge >= 0.3 is 0 Å². The van der Waals surface area contributed by atoms with Gasteiger partial charge in [0.05, 0.1) is 21.9 Å². The van der Waals surface area contributed by atoms with Crippen molar-refractivity contribution >= 4 is 40.8 Å². The van der Waals surface area contributed by atoms with E-state index >= 15 is 0 Å². The minimum atomic E-state index is 0.545. The maximum Gasteiger partial charge on any atom is 0.144 e. The molecule has 6 heteroatoms. The molecule has 1 N–H and O–H groups in total. The lowest BCUT2D eigenvalue weighted by Gasteiger charge is -2.09. The Morgan fingerprint density at radius 2 is 2.10 bits per heavy atom. The summed E-state index contributed by atoms with van der Waals surface area (Å²) in [5, 5.41) is 5.14. The molecular formula is C14H15Cl2N3S. The first-order valence-electron chi connectivity index (χ1n) is 6.31. The Balaban J connectivity index is 2.19. The Labute approximate surface area is 133 Å². The second-order valence-electron chi connectivity index (χ2n) is 4.23. The van der Waals surface area contributed by atoms with Gasteiger partial charge in [0.1, 0.15) is 10.8 Å². The number of aromatic nitrogens is 2. The van der Waals surface area contributed by atoms with Crippen molar-refractivity contribution < 1.29 is 0 Å². The molecule has 2 aromatic rings. The highest BCUT2D eigenvalue weighted by Crippen LogP contribution is 2.37. The molecule has 0 saturated carbocycles. The molecule has 0 spiro atoms. The van der Waals surface area contributed by atoms with E-state index in [2.05, 4.69) is 22.2 Å². The van der Waals surface area contributed by atoms with E-state index in [9.17, 15) is 0 Å². The molecule has 1 aromatic carbocycles. The van der Waals surface area contributed by atoms with Crippen LogP contribution in [0.2, 0.25) is 10.0 Å². The first kappa shape index (κ1) is 15.4. The SMILES string of the molecule is CCCNc1cnc(Sc2cccc(Cl)c2Cl)c(C)n1. The van der Waals surface area contributed by atoms with Gasteiger partial charge in [0.25, 0.3) is 0 Å². The maximum absolute atomic E-state index is 6.18. The number of halogens is 2. The lowest BCUT2D eigenvalue weighted by Crippen LogP contribution is -2.04. The van der Waals surface area contributed by atoms with E-state index in [1.165, 1.54) is 11.8 Å². The minimum absolute atomic E-state index is 0.545. The van der Waals surface area contributed by atoms with Crippen LogP contribution >= 0.6 is 35.0 Å². The van der Waals surface area contributed by atoms with Gasteiger partial charge in [0.2, 0.25) is 0 Å². The Morgan fingerprint density at radius 1 is 1.30 bits per heavy atom. The summed E-state index contributed by atoms with van der Waals surface area (Å²) in [4.78, 5) is 9.80. The van der Waals surface area contributed by atoms with Crippen molar-refractivity contribution in [2.75, 3.05) is 11.9 Å². The highest BCUT2D eigenvalue weighted by Gasteiger charge is 2.10. The normalized spacial score (nSPS) is 10.6. The summed E-state index contributed by atoms with van der Waals surface area (Å²) >= 11 is 13.7. The summed E-state index contributed by atoms with van der Waals surface area (Å²) in [6.07, 6.45) is 2.79. The van der Waals surface area contributed by atoms with Crippen molar-refractivity contribution in [3.05, 3.63) is 40.1 Å². The smallest absolute Gasteiger partial charge is 0.144 e. The van der Waals surface area contributed by atoms with E-state index in [1.807, 2.05) is 19.1 Å². The minimum Gasteiger partial charge on any atom is -0.369 e. The Kier molecular flexibility index (Phi) is 5.52. The number of hydrogen-bond donors (Lipinski definition) is 1. The fraction of sp³-hybridized carbons (Fsp3) is 0.286. The molecule has 0 aliphatic carbocycles. The molecule has 1 aromatic heterocycles. The average Bonchev–Trinajstić information content (AvgIpc) is 2.44. The second-order valence-corrected chi connectivity index (χ2v) is 6.04. The lowest BCUT2D eigenvalue weighted by molar-refractivity contribution is 0.934. The van der Waals surface area contributed by atoms with Gasteiger partial charge in [-0.2, -0.15) is 0 Å². The summed E-state index contributed by atoms with van der Waals surface area (Å²) in [6, 6.07) is 5.56. The van der Waals surface area contributed by atoms with Gasteiger partial charge in [0.15, 0.2) is 0 Å². The zero-order valence-electron chi connectivity index (χ0n) is 11.3. The van der Waals surface area contributed by atoms with Crippen molar-refractivity contribution in [2.24, 2.45) is 0 Å². The van der Waals surface area contributed by atoms with Crippen molar-refractivity contribution in [2.45, 2.75) is 30.2 Å². The largest absolute Gasteiger partial charge is 0.369 e. The van der Waals surface area contributed by atoms with Gasteiger partial charge in [-0.05, 0) is 25.5 Å². The first-order chi connectivity index (χ1) is 9.61. The van der Waals surface area contributed by atoms with Gasteiger partial charge in [-0.3, -0.25) is 0 Å². The van der Waals surface area contributed by atoms with Gasteiger partial charge in [-0.15, -0.1) is 0 Å². The summed E-state index contributed by atoms with van der Waals surface area (Å²) < 4.78 is 0. The Bertz CT molecular complexity index is 605. The fourth-order valence-corrected chi connectivity index (χ4v) is 2.90. The molecule has 0 radical (unpaired) electrons. The van der Waals surface area contributed by atoms with Gasteiger partial charge in [-0.25, -0.2) is 9.97 Å². The summed E-state index contributed by atoms with van der Waals surface area (Å²) in [5.41, 5.74) is 0.868. The molecule has 0 atom stereocenters. The molecule has 0 saturated heterocycles. The summed E-state index contributed by atoms with van der Waals surface area (Å²) in [6.45, 7) is 4.93. The van der Waals surface area contributed by atoms with Crippen LogP contribution in [0.25, 0.3) is 0 Å². The maximum atomic E-state index is 6.18. The van der Waals surface area contributed by atoms with Crippen LogP contribution in [0, 0.1) is 6.92 Å². The zero-order chi connectivity index (χ0) is 14.5. The summed E-state index contributed by atoms with van der Waals surface area (Å²) in [7, 11) is 0. The quantitative estimate of drug-likeness (QED) is 0.832. The number of aryl methyl sites for hydroxylation is 1. The van der Waals surface area contributed by atoms with Crippen molar-refractivity contribution in [1.82, 2.24) is 9.97 Å². The van der Waals surface area contributed by atoms with Crippen LogP contribution in [0.3, 0.4) is 0 Å². The molecule has 106 valence electrons. The van der Waals surface area contributed by atoms with Crippen molar-refractivity contribution in [1.29, 1.82) is 0 Å². The van der Waals surface area contributed by atoms with Crippen LogP contribution in [0.1, 0.15) is 19.0 Å². The molecule has 0 aliphatic rings. The topological polar surface area (TPSA) is 37.8 Å². The molecule has 3 nitrogen and oxygen atoms in total. The molecule has 0 fully saturated rings. The molecule has 0 aliphatic heterocycles. The number of benzene rings is 1. The third kappa shape index (κ3) is 3.78. The molecule has 2 rings (SSSR count). The van der Waals surface area contributed by atoms with Crippen LogP contribution in [-0.4, -0.2) is 16.5 Å². The van der Waals surface area contributed by atoms with Crippen LogP contribution in [0.5, 0.6) is 0 Å². The average molecular weight is 328 g/mol. The highest BCUT2D eigenvalue weighted by molar-refractivity contribution is 7.99. The van der Waals surface area contributed by atoms with E-state index in [0.29, 0.717) is 10.0 Å². The molecule has 1 heterocycles. The first-order valence-corrected chi connectivity index (χ1v) is 7.88. The number of hydrogen-bond acceptors (Lipinski definition) is 4. The number of nitrogens with one attached hydrogen (secondary N) is 1. The third-order valence-corrected chi connectivity index (χ3v) is 4.67. The molecule has 20 heavy (non-hydrogen) atoms. The van der Waals surface area contributed by atoms with Crippen molar-refractivity contribution in [3.8, 4) is 0 Å². The van der Waals surface area contributed by atoms with E-state index < -0.39 is 0 Å². The molecule has 0 bridgehead atoms. The Hall–Kier alpha value is -0.970. The lowest BCUT2D eigenvalue weighted by atomic mass is 10.4. The molecular weight excluding hydrogens is 313 g/mol. The molecule has 0 amide bonds. The van der Waals surface area contributed by atoms with E-state index in [-0.39, 0.29) is 0 Å². The predicted octanol–water partition coefficient (Wildman–Crippen LogP) is 5.06. The third-order valence-electron chi connectivity index (χ3n) is 2.58. The Morgan fingerprint density at radius 3 is 2.80 bits per heavy atom.